The molecule has 0 spiro atoms. The van der Waals surface area contributed by atoms with E-state index in [2.05, 4.69) is 49.2 Å². The van der Waals surface area contributed by atoms with E-state index in [0.717, 1.165) is 34.6 Å². The second-order valence-corrected chi connectivity index (χ2v) is 7.16. The van der Waals surface area contributed by atoms with E-state index in [1.165, 1.54) is 0 Å². The van der Waals surface area contributed by atoms with Gasteiger partial charge in [-0.3, -0.25) is 0 Å². The largest absolute Gasteiger partial charge is 0.400 e. The van der Waals surface area contributed by atoms with E-state index >= 15 is 0 Å². The standard InChI is InChI=1S/C20H17N9O/c1-12-4-2-8-29-15(12)10-14(27-29)17-16-13(23-11-24-16)5-9-28(17)20-26-25-19(30-20)18-21-6-3-7-22-18/h2-4,6-8,10-11,17H,5,9H2,1H3,(H,23,24). The molecule has 0 amide bonds. The molecule has 30 heavy (non-hydrogen) atoms. The van der Waals surface area contributed by atoms with Crippen molar-refractivity contribution in [2.75, 3.05) is 11.4 Å². The molecule has 1 aliphatic heterocycles. The minimum Gasteiger partial charge on any atom is -0.400 e. The maximum absolute atomic E-state index is 5.96. The van der Waals surface area contributed by atoms with Gasteiger partial charge in [-0.25, -0.2) is 19.5 Å². The first kappa shape index (κ1) is 16.8. The van der Waals surface area contributed by atoms with Crippen molar-refractivity contribution in [1.82, 2.24) is 39.7 Å². The lowest BCUT2D eigenvalue weighted by Crippen LogP contribution is -2.36. The fourth-order valence-corrected chi connectivity index (χ4v) is 3.92. The lowest BCUT2D eigenvalue weighted by atomic mass is 10.00. The van der Waals surface area contributed by atoms with E-state index in [1.54, 1.807) is 24.8 Å². The second-order valence-electron chi connectivity index (χ2n) is 7.16. The molecular weight excluding hydrogens is 382 g/mol. The normalized spacial score (nSPS) is 16.2. The Labute approximate surface area is 170 Å². The fraction of sp³-hybridized carbons (Fsp3) is 0.200. The van der Waals surface area contributed by atoms with E-state index in [4.69, 9.17) is 9.52 Å². The van der Waals surface area contributed by atoms with E-state index < -0.39 is 0 Å². The third-order valence-electron chi connectivity index (χ3n) is 5.35. The molecule has 6 rings (SSSR count). The van der Waals surface area contributed by atoms with E-state index in [-0.39, 0.29) is 11.9 Å². The van der Waals surface area contributed by atoms with Gasteiger partial charge in [0, 0.05) is 37.3 Å². The van der Waals surface area contributed by atoms with Gasteiger partial charge in [0.15, 0.2) is 0 Å². The summed E-state index contributed by atoms with van der Waals surface area (Å²) in [5, 5.41) is 13.3. The van der Waals surface area contributed by atoms with Gasteiger partial charge >= 0.3 is 6.01 Å². The number of rotatable bonds is 3. The van der Waals surface area contributed by atoms with Crippen LogP contribution in [0.4, 0.5) is 6.01 Å². The first-order valence-corrected chi connectivity index (χ1v) is 9.62. The Morgan fingerprint density at radius 1 is 1.13 bits per heavy atom. The number of aromatic nitrogens is 8. The number of nitrogens with one attached hydrogen (secondary N) is 1. The summed E-state index contributed by atoms with van der Waals surface area (Å²) in [5.74, 6) is 0.677. The Hall–Kier alpha value is -4.08. The van der Waals surface area contributed by atoms with Crippen LogP contribution in [0.25, 0.3) is 17.2 Å². The van der Waals surface area contributed by atoms with Gasteiger partial charge in [0.25, 0.3) is 5.89 Å². The molecule has 1 aliphatic rings. The number of nitrogens with zero attached hydrogens (tertiary/aromatic N) is 8. The summed E-state index contributed by atoms with van der Waals surface area (Å²) >= 11 is 0. The highest BCUT2D eigenvalue weighted by molar-refractivity contribution is 5.57. The molecule has 0 radical (unpaired) electrons. The number of hydrogen-bond acceptors (Lipinski definition) is 8. The van der Waals surface area contributed by atoms with Crippen LogP contribution in [-0.4, -0.2) is 46.3 Å². The average molecular weight is 399 g/mol. The number of imidazole rings is 1. The summed E-state index contributed by atoms with van der Waals surface area (Å²) in [5.41, 5.74) is 5.09. The third kappa shape index (κ3) is 2.57. The predicted octanol–water partition coefficient (Wildman–Crippen LogP) is 2.36. The molecule has 0 fully saturated rings. The van der Waals surface area contributed by atoms with Gasteiger partial charge in [0.1, 0.15) is 6.04 Å². The number of hydrogen-bond donors (Lipinski definition) is 1. The van der Waals surface area contributed by atoms with Gasteiger partial charge in [-0.15, -0.1) is 5.10 Å². The third-order valence-corrected chi connectivity index (χ3v) is 5.35. The number of H-pyrrole nitrogens is 1. The van der Waals surface area contributed by atoms with Crippen LogP contribution in [0.2, 0.25) is 0 Å². The number of aromatic amines is 1. The molecule has 0 saturated carbocycles. The summed E-state index contributed by atoms with van der Waals surface area (Å²) in [6.07, 6.45) is 7.74. The Morgan fingerprint density at radius 3 is 2.90 bits per heavy atom. The molecule has 6 heterocycles. The Kier molecular flexibility index (Phi) is 3.63. The smallest absolute Gasteiger partial charge is 0.319 e. The van der Waals surface area contributed by atoms with Gasteiger partial charge in [0.05, 0.1) is 23.2 Å². The number of pyridine rings is 1. The summed E-state index contributed by atoms with van der Waals surface area (Å²) in [6.45, 7) is 2.76. The zero-order valence-electron chi connectivity index (χ0n) is 16.1. The van der Waals surface area contributed by atoms with Gasteiger partial charge in [0.2, 0.25) is 5.82 Å². The monoisotopic (exact) mass is 399 g/mol. The second kappa shape index (κ2) is 6.48. The molecule has 0 saturated heterocycles. The summed E-state index contributed by atoms with van der Waals surface area (Å²) in [4.78, 5) is 18.3. The van der Waals surface area contributed by atoms with Crippen LogP contribution < -0.4 is 4.90 Å². The Balaban J connectivity index is 1.46. The molecule has 10 nitrogen and oxygen atoms in total. The zero-order valence-corrected chi connectivity index (χ0v) is 16.1. The van der Waals surface area contributed by atoms with Gasteiger partial charge in [-0.1, -0.05) is 11.2 Å². The highest BCUT2D eigenvalue weighted by atomic mass is 16.4. The van der Waals surface area contributed by atoms with Crippen molar-refractivity contribution in [1.29, 1.82) is 0 Å². The molecule has 10 heteroatoms. The van der Waals surface area contributed by atoms with Gasteiger partial charge < -0.3 is 14.3 Å². The highest BCUT2D eigenvalue weighted by Crippen LogP contribution is 2.36. The number of fused-ring (bicyclic) bond motifs is 2. The molecule has 0 aromatic carbocycles. The van der Waals surface area contributed by atoms with Crippen molar-refractivity contribution < 1.29 is 4.42 Å². The van der Waals surface area contributed by atoms with Crippen molar-refractivity contribution in [3.63, 3.8) is 0 Å². The summed E-state index contributed by atoms with van der Waals surface area (Å²) in [6, 6.07) is 8.04. The first-order chi connectivity index (χ1) is 14.8. The maximum Gasteiger partial charge on any atom is 0.319 e. The van der Waals surface area contributed by atoms with E-state index in [0.29, 0.717) is 18.4 Å². The van der Waals surface area contributed by atoms with Crippen LogP contribution in [0.5, 0.6) is 0 Å². The minimum absolute atomic E-state index is 0.246. The molecule has 1 atom stereocenters. The van der Waals surface area contributed by atoms with Crippen LogP contribution in [0.15, 0.2) is 53.6 Å². The molecular formula is C20H17N9O. The van der Waals surface area contributed by atoms with Gasteiger partial charge in [-0.2, -0.15) is 5.10 Å². The molecule has 148 valence electrons. The summed E-state index contributed by atoms with van der Waals surface area (Å²) in [7, 11) is 0. The van der Waals surface area contributed by atoms with Crippen LogP contribution >= 0.6 is 0 Å². The van der Waals surface area contributed by atoms with Crippen molar-refractivity contribution >= 4 is 11.5 Å². The molecule has 1 unspecified atom stereocenters. The maximum atomic E-state index is 5.96. The lowest BCUT2D eigenvalue weighted by Gasteiger charge is -2.32. The molecule has 1 N–H and O–H groups in total. The zero-order chi connectivity index (χ0) is 20.1. The van der Waals surface area contributed by atoms with Crippen molar-refractivity contribution in [2.24, 2.45) is 0 Å². The minimum atomic E-state index is -0.246. The van der Waals surface area contributed by atoms with E-state index in [9.17, 15) is 0 Å². The first-order valence-electron chi connectivity index (χ1n) is 9.62. The van der Waals surface area contributed by atoms with Crippen molar-refractivity contribution in [2.45, 2.75) is 19.4 Å². The molecule has 0 bridgehead atoms. The van der Waals surface area contributed by atoms with Crippen LogP contribution in [-0.2, 0) is 6.42 Å². The molecule has 5 aromatic rings. The Morgan fingerprint density at radius 2 is 2.03 bits per heavy atom. The van der Waals surface area contributed by atoms with Crippen molar-refractivity contribution in [3.8, 4) is 11.7 Å². The number of aryl methyl sites for hydroxylation is 1. The predicted molar refractivity (Wildman–Crippen MR) is 107 cm³/mol. The van der Waals surface area contributed by atoms with Crippen LogP contribution in [0, 0.1) is 6.92 Å². The number of anilines is 1. The SMILES string of the molecule is Cc1cccn2nc(C3c4nc[nH]c4CCN3c3nnc(-c4ncccn4)o3)cc12. The molecule has 5 aromatic heterocycles. The Bertz CT molecular complexity index is 1340. The van der Waals surface area contributed by atoms with Gasteiger partial charge in [-0.05, 0) is 30.7 Å². The molecule has 0 aliphatic carbocycles. The van der Waals surface area contributed by atoms with Crippen molar-refractivity contribution in [3.05, 3.63) is 71.8 Å². The van der Waals surface area contributed by atoms with E-state index in [1.807, 2.05) is 21.7 Å². The fourth-order valence-electron chi connectivity index (χ4n) is 3.92. The highest BCUT2D eigenvalue weighted by Gasteiger charge is 2.36. The topological polar surface area (TPSA) is 114 Å². The quantitative estimate of drug-likeness (QED) is 0.492. The van der Waals surface area contributed by atoms with Crippen LogP contribution in [0.1, 0.15) is 28.7 Å². The van der Waals surface area contributed by atoms with Crippen LogP contribution in [0.3, 0.4) is 0 Å². The average Bonchev–Trinajstić information content (AvgIpc) is 3.52. The summed E-state index contributed by atoms with van der Waals surface area (Å²) < 4.78 is 7.85. The lowest BCUT2D eigenvalue weighted by molar-refractivity contribution is 0.501.